The Labute approximate surface area is 148 Å². The van der Waals surface area contributed by atoms with Crippen LogP contribution in [0.4, 0.5) is 0 Å². The number of nitriles is 1. The van der Waals surface area contributed by atoms with Crippen LogP contribution in [0.15, 0.2) is 24.3 Å². The second-order valence-electron chi connectivity index (χ2n) is 7.91. The van der Waals surface area contributed by atoms with Gasteiger partial charge in [-0.3, -0.25) is 4.98 Å². The topological polar surface area (TPSA) is 63.0 Å². The third-order valence-electron chi connectivity index (χ3n) is 5.15. The number of carbonyl (C=O) groups excluding carboxylic acids is 1. The van der Waals surface area contributed by atoms with E-state index >= 15 is 0 Å². The highest BCUT2D eigenvalue weighted by Crippen LogP contribution is 2.39. The van der Waals surface area contributed by atoms with E-state index in [0.29, 0.717) is 11.5 Å². The number of nitrogens with zero attached hydrogens (tertiary/aromatic N) is 2. The van der Waals surface area contributed by atoms with Gasteiger partial charge in [-0.2, -0.15) is 5.26 Å². The molecule has 2 aromatic rings. The van der Waals surface area contributed by atoms with E-state index in [1.54, 1.807) is 6.92 Å². The molecule has 1 aliphatic carbocycles. The first-order valence-electron chi connectivity index (χ1n) is 8.82. The normalized spacial score (nSPS) is 18.3. The highest BCUT2D eigenvalue weighted by molar-refractivity contribution is 6.05. The van der Waals surface area contributed by atoms with Gasteiger partial charge in [0.1, 0.15) is 6.07 Å². The molecule has 4 heteroatoms. The first kappa shape index (κ1) is 17.4. The van der Waals surface area contributed by atoms with E-state index in [4.69, 9.17) is 15.0 Å². The molecule has 0 aliphatic heterocycles. The van der Waals surface area contributed by atoms with Crippen molar-refractivity contribution < 1.29 is 9.53 Å². The molecule has 1 aromatic heterocycles. The van der Waals surface area contributed by atoms with E-state index in [0.717, 1.165) is 41.4 Å². The molecule has 1 heterocycles. The molecule has 0 fully saturated rings. The van der Waals surface area contributed by atoms with Crippen LogP contribution < -0.4 is 0 Å². The number of esters is 1. The summed E-state index contributed by atoms with van der Waals surface area (Å²) in [5.41, 5.74) is 3.57. The average Bonchev–Trinajstić information content (AvgIpc) is 2.57. The maximum absolute atomic E-state index is 12.9. The van der Waals surface area contributed by atoms with E-state index in [1.807, 2.05) is 30.3 Å². The van der Waals surface area contributed by atoms with Gasteiger partial charge >= 0.3 is 5.97 Å². The number of hydrogen-bond donors (Lipinski definition) is 0. The van der Waals surface area contributed by atoms with Crippen LogP contribution in [0, 0.1) is 22.7 Å². The highest BCUT2D eigenvalue weighted by Gasteiger charge is 2.33. The van der Waals surface area contributed by atoms with Gasteiger partial charge in [0.05, 0.1) is 11.1 Å². The van der Waals surface area contributed by atoms with Crippen molar-refractivity contribution in [3.05, 3.63) is 41.1 Å². The lowest BCUT2D eigenvalue weighted by Gasteiger charge is -2.35. The number of hydrogen-bond acceptors (Lipinski definition) is 4. The molecule has 25 heavy (non-hydrogen) atoms. The lowest BCUT2D eigenvalue weighted by atomic mass is 9.70. The van der Waals surface area contributed by atoms with Gasteiger partial charge in [-0.05, 0) is 49.1 Å². The van der Waals surface area contributed by atoms with Gasteiger partial charge in [0.25, 0.3) is 0 Å². The summed E-state index contributed by atoms with van der Waals surface area (Å²) in [6.07, 6.45) is 2.00. The number of pyridine rings is 1. The predicted octanol–water partition coefficient (Wildman–Crippen LogP) is 4.45. The van der Waals surface area contributed by atoms with Gasteiger partial charge < -0.3 is 4.74 Å². The fourth-order valence-corrected chi connectivity index (χ4v) is 3.61. The summed E-state index contributed by atoms with van der Waals surface area (Å²) < 4.78 is 5.35. The van der Waals surface area contributed by atoms with Crippen molar-refractivity contribution in [1.82, 2.24) is 4.98 Å². The Morgan fingerprint density at radius 1 is 1.36 bits per heavy atom. The number of carbonyl (C=O) groups is 1. The number of para-hydroxylation sites is 1. The quantitative estimate of drug-likeness (QED) is 0.760. The van der Waals surface area contributed by atoms with E-state index in [1.165, 1.54) is 0 Å². The third kappa shape index (κ3) is 3.37. The van der Waals surface area contributed by atoms with Crippen LogP contribution in [0.25, 0.3) is 10.9 Å². The minimum Gasteiger partial charge on any atom is -0.444 e. The van der Waals surface area contributed by atoms with Crippen LogP contribution in [0.1, 0.15) is 55.7 Å². The minimum absolute atomic E-state index is 0.171. The van der Waals surface area contributed by atoms with Crippen molar-refractivity contribution in [3.63, 3.8) is 0 Å². The Bertz CT molecular complexity index is 859. The number of rotatable bonds is 2. The largest absolute Gasteiger partial charge is 0.444 e. The standard InChI is InChI=1S/C21H24N2O2/c1-13(12-22)25-20(24)19-15-7-5-6-8-17(15)23-18-10-9-14(11-16(18)19)21(2,3)4/h5-8,13-14H,9-11H2,1-4H3/t13-,14-/m1/s1. The highest BCUT2D eigenvalue weighted by atomic mass is 16.5. The predicted molar refractivity (Wildman–Crippen MR) is 97.2 cm³/mol. The molecule has 2 atom stereocenters. The zero-order valence-electron chi connectivity index (χ0n) is 15.3. The summed E-state index contributed by atoms with van der Waals surface area (Å²) in [4.78, 5) is 17.7. The number of aromatic nitrogens is 1. The minimum atomic E-state index is -0.767. The first-order chi connectivity index (χ1) is 11.8. The Kier molecular flexibility index (Phi) is 4.51. The summed E-state index contributed by atoms with van der Waals surface area (Å²) in [6.45, 7) is 8.32. The molecule has 1 aliphatic rings. The van der Waals surface area contributed by atoms with Gasteiger partial charge in [-0.1, -0.05) is 39.0 Å². The van der Waals surface area contributed by atoms with E-state index in [-0.39, 0.29) is 5.41 Å². The number of fused-ring (bicyclic) bond motifs is 2. The van der Waals surface area contributed by atoms with Crippen LogP contribution in [0.5, 0.6) is 0 Å². The van der Waals surface area contributed by atoms with Crippen molar-refractivity contribution in [1.29, 1.82) is 5.26 Å². The van der Waals surface area contributed by atoms with Crippen LogP contribution in [0.2, 0.25) is 0 Å². The van der Waals surface area contributed by atoms with Gasteiger partial charge in [-0.25, -0.2) is 4.79 Å². The number of benzene rings is 1. The molecule has 1 aromatic carbocycles. The van der Waals surface area contributed by atoms with Gasteiger partial charge in [0, 0.05) is 11.1 Å². The second-order valence-corrected chi connectivity index (χ2v) is 7.91. The van der Waals surface area contributed by atoms with Crippen molar-refractivity contribution in [2.75, 3.05) is 0 Å². The molecule has 0 radical (unpaired) electrons. The molecule has 4 nitrogen and oxygen atoms in total. The SMILES string of the molecule is C[C@H](C#N)OC(=O)c1c2c(nc3ccccc13)CC[C@@H](C(C)(C)C)C2. The Morgan fingerprint density at radius 3 is 2.76 bits per heavy atom. The molecule has 0 spiro atoms. The smallest absolute Gasteiger partial charge is 0.340 e. The Hall–Kier alpha value is -2.41. The molecule has 0 N–H and O–H groups in total. The molecule has 3 rings (SSSR count). The summed E-state index contributed by atoms with van der Waals surface area (Å²) >= 11 is 0. The number of ether oxygens (including phenoxy) is 1. The zero-order chi connectivity index (χ0) is 18.2. The number of aryl methyl sites for hydroxylation is 1. The lowest BCUT2D eigenvalue weighted by molar-refractivity contribution is 0.0435. The van der Waals surface area contributed by atoms with Crippen LogP contribution in [0.3, 0.4) is 0 Å². The summed E-state index contributed by atoms with van der Waals surface area (Å²) in [6, 6.07) is 9.64. The second kappa shape index (κ2) is 6.48. The third-order valence-corrected chi connectivity index (χ3v) is 5.15. The van der Waals surface area contributed by atoms with Crippen LogP contribution in [-0.2, 0) is 17.6 Å². The Morgan fingerprint density at radius 2 is 2.08 bits per heavy atom. The molecular formula is C21H24N2O2. The molecule has 0 amide bonds. The fourth-order valence-electron chi connectivity index (χ4n) is 3.61. The Balaban J connectivity index is 2.16. The average molecular weight is 336 g/mol. The maximum atomic E-state index is 12.9. The summed E-state index contributed by atoms with van der Waals surface area (Å²) in [5.74, 6) is 0.0707. The lowest BCUT2D eigenvalue weighted by Crippen LogP contribution is -2.29. The fraction of sp³-hybridized carbons (Fsp3) is 0.476. The summed E-state index contributed by atoms with van der Waals surface area (Å²) in [7, 11) is 0. The molecule has 0 bridgehead atoms. The molecular weight excluding hydrogens is 312 g/mol. The van der Waals surface area contributed by atoms with E-state index in [2.05, 4.69) is 20.8 Å². The summed E-state index contributed by atoms with van der Waals surface area (Å²) in [5, 5.41) is 9.80. The first-order valence-corrected chi connectivity index (χ1v) is 8.82. The van der Waals surface area contributed by atoms with Gasteiger partial charge in [0.15, 0.2) is 6.10 Å². The van der Waals surface area contributed by atoms with Crippen LogP contribution in [-0.4, -0.2) is 17.1 Å². The van der Waals surface area contributed by atoms with E-state index < -0.39 is 12.1 Å². The molecule has 0 unspecified atom stereocenters. The van der Waals surface area contributed by atoms with Crippen molar-refractivity contribution in [3.8, 4) is 6.07 Å². The monoisotopic (exact) mass is 336 g/mol. The van der Waals surface area contributed by atoms with Crippen molar-refractivity contribution >= 4 is 16.9 Å². The van der Waals surface area contributed by atoms with Crippen molar-refractivity contribution in [2.24, 2.45) is 11.3 Å². The maximum Gasteiger partial charge on any atom is 0.340 e. The van der Waals surface area contributed by atoms with Crippen LogP contribution >= 0.6 is 0 Å². The zero-order valence-corrected chi connectivity index (χ0v) is 15.3. The van der Waals surface area contributed by atoms with E-state index in [9.17, 15) is 4.79 Å². The molecule has 0 saturated carbocycles. The molecule has 0 saturated heterocycles. The van der Waals surface area contributed by atoms with Gasteiger partial charge in [0.2, 0.25) is 0 Å². The van der Waals surface area contributed by atoms with Crippen molar-refractivity contribution in [2.45, 2.75) is 53.1 Å². The molecule has 130 valence electrons. The van der Waals surface area contributed by atoms with Gasteiger partial charge in [-0.15, -0.1) is 0 Å².